The molecular formula is C20H20FeI4P. The average molecular weight is 855 g/mol. The average Bonchev–Trinajstić information content (AvgIpc) is 2.64. The van der Waals surface area contributed by atoms with Crippen molar-refractivity contribution in [1.29, 1.82) is 0 Å². The zero-order chi connectivity index (χ0) is 19.0. The van der Waals surface area contributed by atoms with Crippen molar-refractivity contribution in [2.45, 2.75) is 6.92 Å². The molecule has 26 heavy (non-hydrogen) atoms. The second kappa shape index (κ2) is 11.6. The Morgan fingerprint density at radius 2 is 0.808 bits per heavy atom. The van der Waals surface area contributed by atoms with Crippen LogP contribution in [-0.4, -0.2) is 6.16 Å². The fourth-order valence-electron chi connectivity index (χ4n) is 3.04. The summed E-state index contributed by atoms with van der Waals surface area (Å²) < 4.78 is -0.620. The molecule has 0 aliphatic heterocycles. The summed E-state index contributed by atoms with van der Waals surface area (Å²) in [6, 6.07) is 33.0. The molecule has 0 heterocycles. The molecule has 0 aromatic heterocycles. The molecule has 0 N–H and O–H groups in total. The van der Waals surface area contributed by atoms with E-state index in [0.717, 1.165) is 6.16 Å². The number of rotatable bonds is 4. The van der Waals surface area contributed by atoms with Crippen molar-refractivity contribution in [3.05, 3.63) is 91.0 Å². The molecule has 0 radical (unpaired) electrons. The van der Waals surface area contributed by atoms with Crippen LogP contribution in [0.3, 0.4) is 0 Å². The summed E-state index contributed by atoms with van der Waals surface area (Å²) in [7, 11) is -1.53. The zero-order valence-electron chi connectivity index (χ0n) is 14.2. The van der Waals surface area contributed by atoms with E-state index < -0.39 is 7.11 Å². The van der Waals surface area contributed by atoms with E-state index in [-0.39, 0.29) is 0 Å². The van der Waals surface area contributed by atoms with Crippen molar-refractivity contribution in [1.82, 2.24) is 0 Å². The van der Waals surface area contributed by atoms with E-state index in [1.165, 1.54) is 15.9 Å². The molecule has 0 fully saturated rings. The summed E-state index contributed by atoms with van der Waals surface area (Å²) in [5.41, 5.74) is 0. The van der Waals surface area contributed by atoms with Crippen LogP contribution in [0.2, 0.25) is 0 Å². The SMILES string of the molecule is CC[P+](c1ccccc1)(c1ccccc1)c1ccccc1.[I][Fe-]([I])([I])[I]. The predicted molar refractivity (Wildman–Crippen MR) is 152 cm³/mol. The van der Waals surface area contributed by atoms with Gasteiger partial charge < -0.3 is 0 Å². The molecule has 0 amide bonds. The van der Waals surface area contributed by atoms with Crippen LogP contribution < -0.4 is 15.9 Å². The summed E-state index contributed by atoms with van der Waals surface area (Å²) in [5, 5.41) is 4.39. The van der Waals surface area contributed by atoms with Crippen molar-refractivity contribution < 1.29 is -0.154 Å². The van der Waals surface area contributed by atoms with Crippen LogP contribution in [0.1, 0.15) is 6.92 Å². The second-order valence-corrected chi connectivity index (χ2v) is 65.2. The Hall–Kier alpha value is 1.53. The summed E-state index contributed by atoms with van der Waals surface area (Å²) in [6.45, 7) is 2.32. The second-order valence-electron chi connectivity index (χ2n) is 5.44. The van der Waals surface area contributed by atoms with Gasteiger partial charge >= 0.3 is 81.2 Å². The molecular weight excluding hydrogens is 835 g/mol. The minimum atomic E-state index is -1.53. The third-order valence-electron chi connectivity index (χ3n) is 4.07. The van der Waals surface area contributed by atoms with E-state index in [1.807, 2.05) is 0 Å². The summed E-state index contributed by atoms with van der Waals surface area (Å²) in [5.74, 6) is 0. The molecule has 141 valence electrons. The van der Waals surface area contributed by atoms with Crippen molar-refractivity contribution in [2.75, 3.05) is 6.16 Å². The van der Waals surface area contributed by atoms with Gasteiger partial charge in [0.2, 0.25) is 0 Å². The Morgan fingerprint density at radius 3 is 1.00 bits per heavy atom. The Balaban J connectivity index is 0.000000431. The molecule has 3 aromatic carbocycles. The van der Waals surface area contributed by atoms with Gasteiger partial charge in [0.1, 0.15) is 23.2 Å². The fourth-order valence-corrected chi connectivity index (χ4v) is 7.08. The minimum absolute atomic E-state index is 0.620. The van der Waals surface area contributed by atoms with Gasteiger partial charge in [-0.3, -0.25) is 0 Å². The molecule has 0 nitrogen and oxygen atoms in total. The summed E-state index contributed by atoms with van der Waals surface area (Å²) in [6.07, 6.45) is 1.14. The van der Waals surface area contributed by atoms with E-state index in [2.05, 4.69) is 179 Å². The van der Waals surface area contributed by atoms with Gasteiger partial charge in [0.05, 0.1) is 6.16 Å². The van der Waals surface area contributed by atoms with Gasteiger partial charge in [-0.15, -0.1) is 0 Å². The first-order valence-electron chi connectivity index (χ1n) is 7.96. The molecule has 0 spiro atoms. The maximum atomic E-state index is 2.46. The van der Waals surface area contributed by atoms with Gasteiger partial charge in [0, 0.05) is 0 Å². The van der Waals surface area contributed by atoms with Gasteiger partial charge in [0.25, 0.3) is 0 Å². The van der Waals surface area contributed by atoms with Gasteiger partial charge in [-0.25, -0.2) is 0 Å². The van der Waals surface area contributed by atoms with Crippen molar-refractivity contribution in [2.24, 2.45) is 0 Å². The van der Waals surface area contributed by atoms with E-state index >= 15 is 0 Å². The molecule has 0 saturated heterocycles. The maximum absolute atomic E-state index is 2.46. The molecule has 3 rings (SSSR count). The standard InChI is InChI=1S/C20H20P.Fe.4HI/c1-2-21(18-12-6-3-7-13-18,19-14-8-4-9-15-19)20-16-10-5-11-17-20;;;;;/h3-17H,2H2,1H3;;4*1H/q+1;+3;;;;/p-4. The molecule has 3 aromatic rings. The summed E-state index contributed by atoms with van der Waals surface area (Å²) >= 11 is 9.85. The normalized spacial score (nSPS) is 12.0. The predicted octanol–water partition coefficient (Wildman–Crippen LogP) is 7.54. The molecule has 6 heteroatoms. The number of hydrogen-bond acceptors (Lipinski definition) is 0. The summed E-state index contributed by atoms with van der Waals surface area (Å²) in [4.78, 5) is 0. The number of halogens is 4. The van der Waals surface area contributed by atoms with Crippen LogP contribution in [0.4, 0.5) is 0 Å². The molecule has 0 atom stereocenters. The van der Waals surface area contributed by atoms with Crippen LogP contribution in [0, 0.1) is 0 Å². The first-order valence-corrected chi connectivity index (χ1v) is 24.2. The zero-order valence-corrected chi connectivity index (χ0v) is 24.8. The van der Waals surface area contributed by atoms with Crippen LogP contribution in [0.15, 0.2) is 91.0 Å². The van der Waals surface area contributed by atoms with E-state index in [9.17, 15) is 0 Å². The molecule has 0 bridgehead atoms. The molecule has 0 aliphatic rings. The molecule has 0 saturated carbocycles. The quantitative estimate of drug-likeness (QED) is 0.145. The Bertz CT molecular complexity index is 675. The van der Waals surface area contributed by atoms with Crippen molar-refractivity contribution in [3.63, 3.8) is 0 Å². The number of benzene rings is 3. The Labute approximate surface area is 205 Å². The first kappa shape index (κ1) is 23.8. The third kappa shape index (κ3) is 7.10. The van der Waals surface area contributed by atoms with Gasteiger partial charge in [-0.2, -0.15) is 0 Å². The third-order valence-corrected chi connectivity index (χ3v) is 8.55. The van der Waals surface area contributed by atoms with Crippen molar-refractivity contribution in [3.8, 4) is 0 Å². The van der Waals surface area contributed by atoms with Gasteiger partial charge in [-0.05, 0) is 43.3 Å². The van der Waals surface area contributed by atoms with Crippen LogP contribution in [0.25, 0.3) is 0 Å². The Morgan fingerprint density at radius 1 is 0.577 bits per heavy atom. The van der Waals surface area contributed by atoms with Gasteiger partial charge in [-0.1, -0.05) is 54.6 Å². The van der Waals surface area contributed by atoms with Gasteiger partial charge in [0.15, 0.2) is 0 Å². The van der Waals surface area contributed by atoms with E-state index in [1.54, 1.807) is 0 Å². The van der Waals surface area contributed by atoms with E-state index in [0.29, 0.717) is 0 Å². The van der Waals surface area contributed by atoms with Crippen LogP contribution in [0.5, 0.6) is 0 Å². The Kier molecular flexibility index (Phi) is 10.7. The first-order chi connectivity index (χ1) is 12.4. The number of hydrogen-bond donors (Lipinski definition) is 0. The van der Waals surface area contributed by atoms with Crippen molar-refractivity contribution >= 4 is 105 Å². The molecule has 0 aliphatic carbocycles. The van der Waals surface area contributed by atoms with Crippen LogP contribution in [-0.2, 0) is -0.154 Å². The monoisotopic (exact) mass is 855 g/mol. The fraction of sp³-hybridized carbons (Fsp3) is 0.100. The van der Waals surface area contributed by atoms with Crippen LogP contribution >= 0.6 is 88.6 Å². The topological polar surface area (TPSA) is 0 Å². The molecule has 0 unspecified atom stereocenters. The van der Waals surface area contributed by atoms with E-state index in [4.69, 9.17) is 0 Å².